The average molecular weight is 259 g/mol. The van der Waals surface area contributed by atoms with Crippen LogP contribution in [-0.4, -0.2) is 11.2 Å². The fraction of sp³-hybridized carbons (Fsp3) is 0.538. The summed E-state index contributed by atoms with van der Waals surface area (Å²) in [6, 6.07) is 5.63. The average Bonchev–Trinajstić information content (AvgIpc) is 2.63. The molecule has 2 unspecified atom stereocenters. The molecule has 0 bridgehead atoms. The van der Waals surface area contributed by atoms with Crippen molar-refractivity contribution in [3.63, 3.8) is 0 Å². The first kappa shape index (κ1) is 12.2. The Balaban J connectivity index is 1.94. The van der Waals surface area contributed by atoms with Gasteiger partial charge in [-0.1, -0.05) is 35.7 Å². The highest BCUT2D eigenvalue weighted by molar-refractivity contribution is 6.35. The Hall–Kier alpha value is -0.240. The largest absolute Gasteiger partial charge is 0.393 e. The van der Waals surface area contributed by atoms with Crippen LogP contribution in [0.4, 0.5) is 0 Å². The lowest BCUT2D eigenvalue weighted by molar-refractivity contribution is 0.128. The lowest BCUT2D eigenvalue weighted by Gasteiger charge is -2.14. The topological polar surface area (TPSA) is 20.2 Å². The molecule has 2 atom stereocenters. The van der Waals surface area contributed by atoms with Gasteiger partial charge in [-0.15, -0.1) is 0 Å². The summed E-state index contributed by atoms with van der Waals surface area (Å²) in [7, 11) is 0. The van der Waals surface area contributed by atoms with Gasteiger partial charge in [0.15, 0.2) is 0 Å². The molecule has 0 aliphatic heterocycles. The van der Waals surface area contributed by atoms with Crippen LogP contribution < -0.4 is 0 Å². The van der Waals surface area contributed by atoms with Gasteiger partial charge in [-0.3, -0.25) is 0 Å². The molecule has 0 aromatic heterocycles. The number of rotatable bonds is 3. The third-order valence-corrected chi connectivity index (χ3v) is 4.01. The molecule has 88 valence electrons. The maximum absolute atomic E-state index is 9.73. The van der Waals surface area contributed by atoms with E-state index in [0.717, 1.165) is 42.7 Å². The number of hydrogen-bond acceptors (Lipinski definition) is 1. The highest BCUT2D eigenvalue weighted by Crippen LogP contribution is 2.31. The van der Waals surface area contributed by atoms with Gasteiger partial charge < -0.3 is 5.11 Å². The van der Waals surface area contributed by atoms with Crippen LogP contribution in [-0.2, 0) is 6.42 Å². The summed E-state index contributed by atoms with van der Waals surface area (Å²) >= 11 is 11.9. The second kappa shape index (κ2) is 5.39. The monoisotopic (exact) mass is 258 g/mol. The van der Waals surface area contributed by atoms with Gasteiger partial charge in [0.05, 0.1) is 6.10 Å². The molecule has 1 aromatic carbocycles. The molecule has 1 nitrogen and oxygen atoms in total. The van der Waals surface area contributed by atoms with E-state index in [1.807, 2.05) is 12.1 Å². The fourth-order valence-electron chi connectivity index (χ4n) is 2.42. The van der Waals surface area contributed by atoms with Crippen molar-refractivity contribution in [2.24, 2.45) is 5.92 Å². The van der Waals surface area contributed by atoms with Gasteiger partial charge in [0.2, 0.25) is 0 Å². The Labute approximate surface area is 106 Å². The molecule has 0 amide bonds. The predicted octanol–water partition coefficient (Wildman–Crippen LogP) is 4.09. The van der Waals surface area contributed by atoms with E-state index in [1.165, 1.54) is 0 Å². The van der Waals surface area contributed by atoms with Gasteiger partial charge in [-0.2, -0.15) is 0 Å². The molecule has 1 fully saturated rings. The molecule has 1 N–H and O–H groups in total. The number of hydrogen-bond donors (Lipinski definition) is 1. The zero-order chi connectivity index (χ0) is 11.5. The predicted molar refractivity (Wildman–Crippen MR) is 68.1 cm³/mol. The maximum atomic E-state index is 9.73. The van der Waals surface area contributed by atoms with E-state index < -0.39 is 0 Å². The standard InChI is InChI=1S/C13H16Cl2O/c14-11-7-6-9(12(15)8-11)4-5-10-2-1-3-13(10)16/h6-8,10,13,16H,1-5H2. The van der Waals surface area contributed by atoms with Crippen molar-refractivity contribution in [2.75, 3.05) is 0 Å². The summed E-state index contributed by atoms with van der Waals surface area (Å²) < 4.78 is 0. The molecule has 0 saturated heterocycles. The third kappa shape index (κ3) is 2.91. The minimum absolute atomic E-state index is 0.105. The number of halogens is 2. The summed E-state index contributed by atoms with van der Waals surface area (Å²) in [6.07, 6.45) is 5.09. The quantitative estimate of drug-likeness (QED) is 0.866. The van der Waals surface area contributed by atoms with Crippen LogP contribution in [0.2, 0.25) is 10.0 Å². The molecule has 3 heteroatoms. The van der Waals surface area contributed by atoms with E-state index in [9.17, 15) is 5.11 Å². The first-order chi connectivity index (χ1) is 7.66. The number of aryl methyl sites for hydroxylation is 1. The summed E-state index contributed by atoms with van der Waals surface area (Å²) in [6.45, 7) is 0. The molecule has 16 heavy (non-hydrogen) atoms. The lowest BCUT2D eigenvalue weighted by Crippen LogP contribution is -2.13. The SMILES string of the molecule is OC1CCCC1CCc1ccc(Cl)cc1Cl. The highest BCUT2D eigenvalue weighted by Gasteiger charge is 2.24. The smallest absolute Gasteiger partial charge is 0.0568 e. The molecule has 1 aliphatic carbocycles. The van der Waals surface area contributed by atoms with E-state index in [-0.39, 0.29) is 6.10 Å². The van der Waals surface area contributed by atoms with Crippen molar-refractivity contribution in [3.8, 4) is 0 Å². The maximum Gasteiger partial charge on any atom is 0.0568 e. The van der Waals surface area contributed by atoms with Crippen molar-refractivity contribution in [1.29, 1.82) is 0 Å². The Morgan fingerprint density at radius 1 is 1.25 bits per heavy atom. The van der Waals surface area contributed by atoms with Crippen LogP contribution in [0.15, 0.2) is 18.2 Å². The lowest BCUT2D eigenvalue weighted by atomic mass is 9.96. The molecular formula is C13H16Cl2O. The van der Waals surface area contributed by atoms with Crippen molar-refractivity contribution < 1.29 is 5.11 Å². The third-order valence-electron chi connectivity index (χ3n) is 3.42. The molecule has 1 aromatic rings. The van der Waals surface area contributed by atoms with Gasteiger partial charge >= 0.3 is 0 Å². The zero-order valence-electron chi connectivity index (χ0n) is 9.13. The van der Waals surface area contributed by atoms with Crippen molar-refractivity contribution in [1.82, 2.24) is 0 Å². The summed E-state index contributed by atoms with van der Waals surface area (Å²) in [4.78, 5) is 0. The number of benzene rings is 1. The minimum Gasteiger partial charge on any atom is -0.393 e. The minimum atomic E-state index is -0.105. The molecule has 0 radical (unpaired) electrons. The van der Waals surface area contributed by atoms with Crippen LogP contribution in [0, 0.1) is 5.92 Å². The Bertz CT molecular complexity index is 365. The Morgan fingerprint density at radius 2 is 2.06 bits per heavy atom. The number of aliphatic hydroxyl groups is 1. The number of aliphatic hydroxyl groups excluding tert-OH is 1. The first-order valence-electron chi connectivity index (χ1n) is 5.79. The van der Waals surface area contributed by atoms with E-state index in [1.54, 1.807) is 6.07 Å². The summed E-state index contributed by atoms with van der Waals surface area (Å²) in [5, 5.41) is 11.1. The van der Waals surface area contributed by atoms with Crippen LogP contribution in [0.25, 0.3) is 0 Å². The van der Waals surface area contributed by atoms with Gasteiger partial charge in [0.1, 0.15) is 0 Å². The molecule has 0 heterocycles. The normalized spacial score (nSPS) is 24.9. The highest BCUT2D eigenvalue weighted by atomic mass is 35.5. The van der Waals surface area contributed by atoms with Crippen molar-refractivity contribution in [3.05, 3.63) is 33.8 Å². The second-order valence-electron chi connectivity index (χ2n) is 4.53. The first-order valence-corrected chi connectivity index (χ1v) is 6.54. The molecular weight excluding hydrogens is 243 g/mol. The van der Waals surface area contributed by atoms with Crippen LogP contribution in [0.1, 0.15) is 31.2 Å². The van der Waals surface area contributed by atoms with E-state index in [4.69, 9.17) is 23.2 Å². The van der Waals surface area contributed by atoms with Crippen molar-refractivity contribution >= 4 is 23.2 Å². The fourth-order valence-corrected chi connectivity index (χ4v) is 2.92. The molecule has 1 aliphatic rings. The van der Waals surface area contributed by atoms with Gasteiger partial charge in [-0.25, -0.2) is 0 Å². The van der Waals surface area contributed by atoms with Crippen LogP contribution >= 0.6 is 23.2 Å². The van der Waals surface area contributed by atoms with Crippen molar-refractivity contribution in [2.45, 2.75) is 38.2 Å². The summed E-state index contributed by atoms with van der Waals surface area (Å²) in [5.41, 5.74) is 1.13. The van der Waals surface area contributed by atoms with E-state index >= 15 is 0 Å². The molecule has 0 spiro atoms. The Kier molecular flexibility index (Phi) is 4.12. The van der Waals surface area contributed by atoms with Crippen LogP contribution in [0.3, 0.4) is 0 Å². The Morgan fingerprint density at radius 3 is 2.69 bits per heavy atom. The zero-order valence-corrected chi connectivity index (χ0v) is 10.6. The van der Waals surface area contributed by atoms with Gasteiger partial charge in [0, 0.05) is 10.0 Å². The summed E-state index contributed by atoms with van der Waals surface area (Å²) in [5.74, 6) is 0.451. The van der Waals surface area contributed by atoms with Gasteiger partial charge in [0.25, 0.3) is 0 Å². The second-order valence-corrected chi connectivity index (χ2v) is 5.38. The van der Waals surface area contributed by atoms with E-state index in [2.05, 4.69) is 0 Å². The van der Waals surface area contributed by atoms with Crippen LogP contribution in [0.5, 0.6) is 0 Å². The van der Waals surface area contributed by atoms with Gasteiger partial charge in [-0.05, 0) is 49.3 Å². The van der Waals surface area contributed by atoms with E-state index in [0.29, 0.717) is 10.9 Å². The molecule has 2 rings (SSSR count). The molecule has 1 saturated carbocycles.